The average molecular weight is 388 g/mol. The molecule has 1 saturated heterocycles. The molecule has 1 heterocycles. The first-order chi connectivity index (χ1) is 13.5. The highest BCUT2D eigenvalue weighted by Gasteiger charge is 2.48. The van der Waals surface area contributed by atoms with Gasteiger partial charge >= 0.3 is 0 Å². The second-order valence-electron chi connectivity index (χ2n) is 7.76. The van der Waals surface area contributed by atoms with Gasteiger partial charge in [0.05, 0.1) is 5.56 Å². The van der Waals surface area contributed by atoms with Crippen molar-refractivity contribution in [1.82, 2.24) is 4.90 Å². The zero-order valence-electron chi connectivity index (χ0n) is 15.5. The van der Waals surface area contributed by atoms with E-state index in [2.05, 4.69) is 0 Å². The van der Waals surface area contributed by atoms with Gasteiger partial charge in [-0.05, 0) is 60.9 Å². The Morgan fingerprint density at radius 2 is 1.64 bits per heavy atom. The molecule has 1 aliphatic carbocycles. The van der Waals surface area contributed by atoms with Crippen LogP contribution in [0, 0.1) is 23.4 Å². The van der Waals surface area contributed by atoms with Crippen LogP contribution in [-0.4, -0.2) is 29.9 Å². The lowest BCUT2D eigenvalue weighted by atomic mass is 9.94. The largest absolute Gasteiger partial charge is 0.342 e. The molecule has 2 N–H and O–H groups in total. The first-order valence-electron chi connectivity index (χ1n) is 9.74. The Labute approximate surface area is 162 Å². The number of benzene rings is 2. The van der Waals surface area contributed by atoms with Crippen LogP contribution in [-0.2, 0) is 4.79 Å². The maximum atomic E-state index is 14.7. The Kier molecular flexibility index (Phi) is 5.15. The SMILES string of the molecule is NC1CCCN(C(=O)C2CC2c2c(F)cccc2-c2c(F)cccc2F)CC1. The van der Waals surface area contributed by atoms with Crippen LogP contribution in [0.5, 0.6) is 0 Å². The van der Waals surface area contributed by atoms with E-state index in [0.29, 0.717) is 19.5 Å². The van der Waals surface area contributed by atoms with Gasteiger partial charge in [-0.2, -0.15) is 0 Å². The highest BCUT2D eigenvalue weighted by atomic mass is 19.1. The van der Waals surface area contributed by atoms with Crippen LogP contribution in [0.2, 0.25) is 0 Å². The summed E-state index contributed by atoms with van der Waals surface area (Å²) in [4.78, 5) is 14.7. The molecule has 28 heavy (non-hydrogen) atoms. The Balaban J connectivity index is 1.62. The number of hydrogen-bond donors (Lipinski definition) is 1. The fourth-order valence-corrected chi connectivity index (χ4v) is 4.25. The van der Waals surface area contributed by atoms with E-state index in [0.717, 1.165) is 31.4 Å². The molecule has 6 heteroatoms. The highest BCUT2D eigenvalue weighted by Crippen LogP contribution is 2.52. The molecule has 1 amide bonds. The fraction of sp³-hybridized carbons (Fsp3) is 0.409. The normalized spacial score (nSPS) is 24.7. The minimum absolute atomic E-state index is 0.0118. The molecule has 148 valence electrons. The summed E-state index contributed by atoms with van der Waals surface area (Å²) < 4.78 is 43.3. The summed E-state index contributed by atoms with van der Waals surface area (Å²) in [6.45, 7) is 1.26. The van der Waals surface area contributed by atoms with Gasteiger partial charge in [-0.15, -0.1) is 0 Å². The number of carbonyl (C=O) groups excluding carboxylic acids is 1. The predicted octanol–water partition coefficient (Wildman–Crippen LogP) is 4.21. The highest BCUT2D eigenvalue weighted by molar-refractivity contribution is 5.84. The van der Waals surface area contributed by atoms with Gasteiger partial charge in [-0.1, -0.05) is 18.2 Å². The van der Waals surface area contributed by atoms with Gasteiger partial charge in [-0.3, -0.25) is 4.79 Å². The summed E-state index contributed by atoms with van der Waals surface area (Å²) in [5.74, 6) is -2.73. The van der Waals surface area contributed by atoms with E-state index < -0.39 is 17.5 Å². The summed E-state index contributed by atoms with van der Waals surface area (Å²) in [5, 5.41) is 0. The minimum atomic E-state index is -0.739. The Bertz CT molecular complexity index is 881. The van der Waals surface area contributed by atoms with Gasteiger partial charge < -0.3 is 10.6 Å². The van der Waals surface area contributed by atoms with Crippen LogP contribution in [0.4, 0.5) is 13.2 Å². The zero-order chi connectivity index (χ0) is 19.8. The Hall–Kier alpha value is -2.34. The Morgan fingerprint density at radius 1 is 0.964 bits per heavy atom. The van der Waals surface area contributed by atoms with E-state index in [1.54, 1.807) is 0 Å². The van der Waals surface area contributed by atoms with Crippen molar-refractivity contribution in [2.24, 2.45) is 11.7 Å². The number of nitrogens with zero attached hydrogens (tertiary/aromatic N) is 1. The summed E-state index contributed by atoms with van der Waals surface area (Å²) in [6.07, 6.45) is 3.00. The van der Waals surface area contributed by atoms with Crippen molar-refractivity contribution < 1.29 is 18.0 Å². The van der Waals surface area contributed by atoms with Crippen LogP contribution in [0.3, 0.4) is 0 Å². The molecule has 3 atom stereocenters. The number of hydrogen-bond acceptors (Lipinski definition) is 2. The quantitative estimate of drug-likeness (QED) is 0.856. The topological polar surface area (TPSA) is 46.3 Å². The van der Waals surface area contributed by atoms with Gasteiger partial charge in [0.15, 0.2) is 0 Å². The monoisotopic (exact) mass is 388 g/mol. The van der Waals surface area contributed by atoms with Crippen molar-refractivity contribution >= 4 is 5.91 Å². The van der Waals surface area contributed by atoms with Crippen molar-refractivity contribution in [3.8, 4) is 11.1 Å². The van der Waals surface area contributed by atoms with E-state index in [9.17, 15) is 18.0 Å². The first kappa shape index (κ1) is 19.0. The fourth-order valence-electron chi connectivity index (χ4n) is 4.25. The number of rotatable bonds is 3. The van der Waals surface area contributed by atoms with Crippen molar-refractivity contribution in [2.75, 3.05) is 13.1 Å². The number of carbonyl (C=O) groups is 1. The maximum Gasteiger partial charge on any atom is 0.226 e. The van der Waals surface area contributed by atoms with Crippen LogP contribution in [0.25, 0.3) is 11.1 Å². The third kappa shape index (κ3) is 3.53. The van der Waals surface area contributed by atoms with Crippen molar-refractivity contribution in [2.45, 2.75) is 37.6 Å². The number of halogens is 3. The Morgan fingerprint density at radius 3 is 2.39 bits per heavy atom. The van der Waals surface area contributed by atoms with E-state index in [1.165, 1.54) is 24.3 Å². The molecule has 0 bridgehead atoms. The lowest BCUT2D eigenvalue weighted by Crippen LogP contribution is -2.34. The van der Waals surface area contributed by atoms with Crippen molar-refractivity contribution in [1.29, 1.82) is 0 Å². The lowest BCUT2D eigenvalue weighted by Gasteiger charge is -2.21. The molecule has 2 aliphatic rings. The summed E-state index contributed by atoms with van der Waals surface area (Å²) in [5.41, 5.74) is 6.16. The summed E-state index contributed by atoms with van der Waals surface area (Å²) in [7, 11) is 0. The number of nitrogens with two attached hydrogens (primary N) is 1. The van der Waals surface area contributed by atoms with E-state index in [-0.39, 0.29) is 40.5 Å². The van der Waals surface area contributed by atoms with Crippen LogP contribution >= 0.6 is 0 Å². The van der Waals surface area contributed by atoms with E-state index in [4.69, 9.17) is 5.73 Å². The average Bonchev–Trinajstić information content (AvgIpc) is 3.46. The van der Waals surface area contributed by atoms with E-state index in [1.807, 2.05) is 4.90 Å². The molecule has 0 radical (unpaired) electrons. The number of amides is 1. The minimum Gasteiger partial charge on any atom is -0.342 e. The molecular formula is C22H23F3N2O. The molecular weight excluding hydrogens is 365 g/mol. The molecule has 2 fully saturated rings. The first-order valence-corrected chi connectivity index (χ1v) is 9.74. The smallest absolute Gasteiger partial charge is 0.226 e. The van der Waals surface area contributed by atoms with Crippen LogP contribution < -0.4 is 5.73 Å². The number of likely N-dealkylation sites (tertiary alicyclic amines) is 1. The standard InChI is InChI=1S/C22H23F3N2O/c23-17-6-1-5-14(21-18(24)7-2-8-19(21)25)20(17)15-12-16(15)22(28)27-10-3-4-13(26)9-11-27/h1-2,5-8,13,15-16H,3-4,9-12,26H2. The van der Waals surface area contributed by atoms with Gasteiger partial charge in [0.2, 0.25) is 5.91 Å². The molecule has 0 aromatic heterocycles. The van der Waals surface area contributed by atoms with E-state index >= 15 is 0 Å². The summed E-state index contributed by atoms with van der Waals surface area (Å²) in [6, 6.07) is 7.94. The van der Waals surface area contributed by atoms with Gasteiger partial charge in [0, 0.05) is 25.0 Å². The van der Waals surface area contributed by atoms with Crippen molar-refractivity contribution in [3.05, 3.63) is 59.4 Å². The molecule has 3 unspecified atom stereocenters. The van der Waals surface area contributed by atoms with Crippen molar-refractivity contribution in [3.63, 3.8) is 0 Å². The molecule has 3 nitrogen and oxygen atoms in total. The van der Waals surface area contributed by atoms with Gasteiger partial charge in [-0.25, -0.2) is 13.2 Å². The second kappa shape index (κ2) is 7.59. The second-order valence-corrected chi connectivity index (χ2v) is 7.76. The molecule has 1 saturated carbocycles. The third-order valence-corrected chi connectivity index (χ3v) is 5.85. The lowest BCUT2D eigenvalue weighted by molar-refractivity contribution is -0.132. The molecule has 2 aromatic carbocycles. The molecule has 4 rings (SSSR count). The predicted molar refractivity (Wildman–Crippen MR) is 101 cm³/mol. The van der Waals surface area contributed by atoms with Gasteiger partial charge in [0.25, 0.3) is 0 Å². The molecule has 1 aliphatic heterocycles. The van der Waals surface area contributed by atoms with Crippen LogP contribution in [0.1, 0.15) is 37.2 Å². The zero-order valence-corrected chi connectivity index (χ0v) is 15.5. The molecule has 2 aromatic rings. The summed E-state index contributed by atoms with van der Waals surface area (Å²) >= 11 is 0. The van der Waals surface area contributed by atoms with Crippen LogP contribution in [0.15, 0.2) is 36.4 Å². The van der Waals surface area contributed by atoms with Gasteiger partial charge in [0.1, 0.15) is 17.5 Å². The maximum absolute atomic E-state index is 14.7. The third-order valence-electron chi connectivity index (χ3n) is 5.85. The molecule has 0 spiro atoms.